The summed E-state index contributed by atoms with van der Waals surface area (Å²) in [5.41, 5.74) is 0.653. The van der Waals surface area contributed by atoms with Gasteiger partial charge in [0, 0.05) is 29.0 Å². The summed E-state index contributed by atoms with van der Waals surface area (Å²) < 4.78 is 0.911. The first-order valence-corrected chi connectivity index (χ1v) is 9.04. The molecule has 1 aliphatic heterocycles. The number of benzene rings is 1. The number of hydrogen-bond donors (Lipinski definition) is 0. The van der Waals surface area contributed by atoms with Crippen molar-refractivity contribution in [1.82, 2.24) is 4.90 Å². The van der Waals surface area contributed by atoms with Gasteiger partial charge in [-0.2, -0.15) is 0 Å². The first-order valence-electron chi connectivity index (χ1n) is 7.87. The maximum Gasteiger partial charge on any atom is 0.165 e. The van der Waals surface area contributed by atoms with Gasteiger partial charge in [0.25, 0.3) is 0 Å². The van der Waals surface area contributed by atoms with Crippen molar-refractivity contribution >= 4 is 33.3 Å². The van der Waals surface area contributed by atoms with Crippen LogP contribution < -0.4 is 0 Å². The van der Waals surface area contributed by atoms with E-state index in [2.05, 4.69) is 20.8 Å². The third-order valence-corrected chi connectivity index (χ3v) is 5.77. The van der Waals surface area contributed by atoms with E-state index >= 15 is 0 Å². The predicted molar refractivity (Wildman–Crippen MR) is 90.0 cm³/mol. The van der Waals surface area contributed by atoms with Gasteiger partial charge in [-0.15, -0.1) is 0 Å². The summed E-state index contributed by atoms with van der Waals surface area (Å²) in [5, 5.41) is 0.548. The number of carbonyl (C=O) groups excluding carboxylic acids is 1. The molecule has 2 unspecified atom stereocenters. The molecule has 2 aliphatic rings. The largest absolute Gasteiger partial charge is 0.300 e. The number of nitrogens with zero attached hydrogens (tertiary/aromatic N) is 1. The Balaban J connectivity index is 1.60. The zero-order valence-electron chi connectivity index (χ0n) is 12.2. The maximum absolute atomic E-state index is 12.4. The molecule has 0 aromatic heterocycles. The van der Waals surface area contributed by atoms with E-state index in [-0.39, 0.29) is 5.78 Å². The minimum absolute atomic E-state index is 0.160. The molecule has 3 rings (SSSR count). The summed E-state index contributed by atoms with van der Waals surface area (Å²) in [4.78, 5) is 14.9. The Hall–Kier alpha value is -0.380. The molecule has 21 heavy (non-hydrogen) atoms. The molecule has 2 fully saturated rings. The van der Waals surface area contributed by atoms with Gasteiger partial charge in [0.2, 0.25) is 0 Å². The van der Waals surface area contributed by atoms with Crippen molar-refractivity contribution in [3.8, 4) is 0 Å². The number of hydrogen-bond acceptors (Lipinski definition) is 2. The Morgan fingerprint density at radius 1 is 1.29 bits per heavy atom. The third-order valence-electron chi connectivity index (χ3n) is 4.97. The highest BCUT2D eigenvalue weighted by Gasteiger charge is 2.34. The Labute approximate surface area is 140 Å². The van der Waals surface area contributed by atoms with Crippen molar-refractivity contribution < 1.29 is 4.79 Å². The number of rotatable bonds is 4. The first kappa shape index (κ1) is 15.5. The molecule has 4 heteroatoms. The van der Waals surface area contributed by atoms with Crippen LogP contribution >= 0.6 is 27.5 Å². The second kappa shape index (κ2) is 6.80. The van der Waals surface area contributed by atoms with Crippen LogP contribution in [0.1, 0.15) is 48.9 Å². The monoisotopic (exact) mass is 369 g/mol. The zero-order chi connectivity index (χ0) is 14.8. The van der Waals surface area contributed by atoms with Crippen LogP contribution in [0.3, 0.4) is 0 Å². The van der Waals surface area contributed by atoms with Gasteiger partial charge in [-0.25, -0.2) is 0 Å². The third kappa shape index (κ3) is 3.52. The van der Waals surface area contributed by atoms with E-state index in [1.807, 2.05) is 12.1 Å². The van der Waals surface area contributed by atoms with Gasteiger partial charge in [-0.1, -0.05) is 34.0 Å². The van der Waals surface area contributed by atoms with Crippen molar-refractivity contribution in [3.05, 3.63) is 33.3 Å². The molecule has 1 saturated carbocycles. The molecular weight excluding hydrogens is 350 g/mol. The highest BCUT2D eigenvalue weighted by Crippen LogP contribution is 2.36. The van der Waals surface area contributed by atoms with Gasteiger partial charge in [-0.3, -0.25) is 9.69 Å². The Morgan fingerprint density at radius 3 is 2.90 bits per heavy atom. The molecule has 2 atom stereocenters. The van der Waals surface area contributed by atoms with Gasteiger partial charge in [-0.05, 0) is 56.3 Å². The first-order chi connectivity index (χ1) is 10.1. The van der Waals surface area contributed by atoms with Crippen LogP contribution in [0.5, 0.6) is 0 Å². The van der Waals surface area contributed by atoms with E-state index in [1.54, 1.807) is 6.07 Å². The van der Waals surface area contributed by atoms with Crippen LogP contribution in [0.25, 0.3) is 0 Å². The smallest absolute Gasteiger partial charge is 0.165 e. The Kier molecular flexibility index (Phi) is 5.03. The van der Waals surface area contributed by atoms with E-state index in [9.17, 15) is 4.79 Å². The molecule has 0 bridgehead atoms. The topological polar surface area (TPSA) is 20.3 Å². The molecule has 1 aromatic carbocycles. The van der Waals surface area contributed by atoms with Gasteiger partial charge >= 0.3 is 0 Å². The highest BCUT2D eigenvalue weighted by molar-refractivity contribution is 9.10. The second-order valence-corrected chi connectivity index (χ2v) is 7.56. The minimum Gasteiger partial charge on any atom is -0.300 e. The van der Waals surface area contributed by atoms with Gasteiger partial charge in [0.05, 0.1) is 5.02 Å². The lowest BCUT2D eigenvalue weighted by Gasteiger charge is -2.37. The van der Waals surface area contributed by atoms with E-state index < -0.39 is 0 Å². The lowest BCUT2D eigenvalue weighted by atomic mass is 9.91. The second-order valence-electron chi connectivity index (χ2n) is 6.23. The quantitative estimate of drug-likeness (QED) is 0.700. The van der Waals surface area contributed by atoms with Crippen molar-refractivity contribution in [2.45, 2.75) is 44.6 Å². The molecular formula is C17H21BrClNO. The summed E-state index contributed by atoms with van der Waals surface area (Å²) in [6, 6.07) is 6.23. The number of fused-ring (bicyclic) bond motifs is 1. The standard InChI is InChI=1S/C17H21BrClNO/c18-13-6-7-14(15(19)11-13)17(21)8-10-20-9-2-4-12-3-1-5-16(12)20/h6-7,11-12,16H,1-5,8-10H2. The fraction of sp³-hybridized carbons (Fsp3) is 0.588. The lowest BCUT2D eigenvalue weighted by Crippen LogP contribution is -2.43. The van der Waals surface area contributed by atoms with Crippen molar-refractivity contribution in [3.63, 3.8) is 0 Å². The molecule has 0 spiro atoms. The number of Topliss-reactive ketones (excluding diaryl/α,β-unsaturated/α-hetero) is 1. The summed E-state index contributed by atoms with van der Waals surface area (Å²) >= 11 is 9.54. The average Bonchev–Trinajstić information content (AvgIpc) is 2.93. The van der Waals surface area contributed by atoms with Crippen LogP contribution in [0.15, 0.2) is 22.7 Å². The fourth-order valence-electron chi connectivity index (χ4n) is 3.93. The summed E-state index contributed by atoms with van der Waals surface area (Å²) in [7, 11) is 0. The molecule has 114 valence electrons. The zero-order valence-corrected chi connectivity index (χ0v) is 14.5. The maximum atomic E-state index is 12.4. The molecule has 1 heterocycles. The van der Waals surface area contributed by atoms with E-state index in [0.29, 0.717) is 17.0 Å². The van der Waals surface area contributed by atoms with Gasteiger partial charge in [0.15, 0.2) is 5.78 Å². The lowest BCUT2D eigenvalue weighted by molar-refractivity contribution is 0.0875. The number of ketones is 1. The van der Waals surface area contributed by atoms with Crippen LogP contribution in [0.4, 0.5) is 0 Å². The van der Waals surface area contributed by atoms with Crippen LogP contribution in [0, 0.1) is 5.92 Å². The SMILES string of the molecule is O=C(CCN1CCCC2CCCC21)c1ccc(Br)cc1Cl. The summed E-state index contributed by atoms with van der Waals surface area (Å²) in [6.07, 6.45) is 7.30. The predicted octanol–water partition coefficient (Wildman–Crippen LogP) is 4.94. The molecule has 0 N–H and O–H groups in total. The van der Waals surface area contributed by atoms with Gasteiger partial charge in [0.1, 0.15) is 0 Å². The molecule has 1 aliphatic carbocycles. The number of carbonyl (C=O) groups is 1. The van der Waals surface area contributed by atoms with Crippen molar-refractivity contribution in [1.29, 1.82) is 0 Å². The molecule has 1 aromatic rings. The van der Waals surface area contributed by atoms with Crippen LogP contribution in [-0.2, 0) is 0 Å². The Bertz CT molecular complexity index is 534. The average molecular weight is 371 g/mol. The number of piperidine rings is 1. The van der Waals surface area contributed by atoms with E-state index in [1.165, 1.54) is 32.1 Å². The minimum atomic E-state index is 0.160. The van der Waals surface area contributed by atoms with E-state index in [4.69, 9.17) is 11.6 Å². The fourth-order valence-corrected chi connectivity index (χ4v) is 4.71. The Morgan fingerprint density at radius 2 is 2.10 bits per heavy atom. The number of likely N-dealkylation sites (tertiary alicyclic amines) is 1. The highest BCUT2D eigenvalue weighted by atomic mass is 79.9. The van der Waals surface area contributed by atoms with Crippen LogP contribution in [0.2, 0.25) is 5.02 Å². The molecule has 1 saturated heterocycles. The summed E-state index contributed by atoms with van der Waals surface area (Å²) in [5.74, 6) is 1.04. The summed E-state index contributed by atoms with van der Waals surface area (Å²) in [6.45, 7) is 2.04. The van der Waals surface area contributed by atoms with Crippen molar-refractivity contribution in [2.75, 3.05) is 13.1 Å². The van der Waals surface area contributed by atoms with Crippen LogP contribution in [-0.4, -0.2) is 29.8 Å². The normalized spacial score (nSPS) is 25.8. The number of halogens is 2. The molecule has 2 nitrogen and oxygen atoms in total. The van der Waals surface area contributed by atoms with Crippen molar-refractivity contribution in [2.24, 2.45) is 5.92 Å². The van der Waals surface area contributed by atoms with Gasteiger partial charge < -0.3 is 0 Å². The van der Waals surface area contributed by atoms with E-state index in [0.717, 1.165) is 29.5 Å². The molecule has 0 amide bonds. The molecule has 0 radical (unpaired) electrons.